The van der Waals surface area contributed by atoms with Crippen molar-refractivity contribution in [2.75, 3.05) is 16.9 Å². The number of nitrogens with one attached hydrogen (secondary N) is 1. The molecule has 0 aliphatic heterocycles. The first-order valence-corrected chi connectivity index (χ1v) is 3.97. The lowest BCUT2D eigenvalue weighted by molar-refractivity contribution is -0.113. The van der Waals surface area contributed by atoms with Crippen LogP contribution in [0.4, 0.5) is 11.4 Å². The number of amides is 1. The molecule has 12 heavy (non-hydrogen) atoms. The minimum absolute atomic E-state index is 0.0468. The number of anilines is 2. The van der Waals surface area contributed by atoms with E-state index in [0.29, 0.717) is 11.4 Å². The van der Waals surface area contributed by atoms with Gasteiger partial charge in [0.1, 0.15) is 5.88 Å². The summed E-state index contributed by atoms with van der Waals surface area (Å²) in [4.78, 5) is 10.8. The number of carbonyl (C=O) groups excluding carboxylic acids is 1. The van der Waals surface area contributed by atoms with Gasteiger partial charge in [-0.15, -0.1) is 11.6 Å². The quantitative estimate of drug-likeness (QED) is 0.540. The van der Waals surface area contributed by atoms with Crippen molar-refractivity contribution in [1.29, 1.82) is 0 Å². The normalized spacial score (nSPS) is 9.42. The van der Waals surface area contributed by atoms with Crippen LogP contribution in [0.25, 0.3) is 0 Å². The van der Waals surface area contributed by atoms with Gasteiger partial charge >= 0.3 is 0 Å². The average molecular weight is 185 g/mol. The SMILES string of the molecule is Nc1cccc(NC(=O)CCl)c1. The topological polar surface area (TPSA) is 55.1 Å². The zero-order chi connectivity index (χ0) is 8.97. The highest BCUT2D eigenvalue weighted by molar-refractivity contribution is 6.29. The minimum atomic E-state index is -0.234. The Balaban J connectivity index is 2.69. The number of carbonyl (C=O) groups is 1. The molecule has 0 aromatic heterocycles. The zero-order valence-corrected chi connectivity index (χ0v) is 7.14. The van der Waals surface area contributed by atoms with E-state index in [4.69, 9.17) is 17.3 Å². The summed E-state index contributed by atoms with van der Waals surface area (Å²) in [5.41, 5.74) is 6.77. The van der Waals surface area contributed by atoms with Crippen molar-refractivity contribution in [3.05, 3.63) is 24.3 Å². The Morgan fingerprint density at radius 3 is 2.92 bits per heavy atom. The van der Waals surface area contributed by atoms with Gasteiger partial charge in [-0.25, -0.2) is 0 Å². The molecule has 0 aliphatic carbocycles. The summed E-state index contributed by atoms with van der Waals surface area (Å²) < 4.78 is 0. The van der Waals surface area contributed by atoms with Gasteiger partial charge in [0.2, 0.25) is 5.91 Å². The molecular formula is C8H9ClN2O. The fraction of sp³-hybridized carbons (Fsp3) is 0.125. The van der Waals surface area contributed by atoms with E-state index in [1.807, 2.05) is 0 Å². The van der Waals surface area contributed by atoms with Gasteiger partial charge < -0.3 is 11.1 Å². The number of hydrogen-bond acceptors (Lipinski definition) is 2. The monoisotopic (exact) mass is 184 g/mol. The van der Waals surface area contributed by atoms with Crippen LogP contribution >= 0.6 is 11.6 Å². The molecule has 0 saturated heterocycles. The van der Waals surface area contributed by atoms with Crippen molar-refractivity contribution in [2.45, 2.75) is 0 Å². The predicted octanol–water partition coefficient (Wildman–Crippen LogP) is 1.45. The molecule has 0 spiro atoms. The highest BCUT2D eigenvalue weighted by Gasteiger charge is 1.98. The molecule has 1 aromatic carbocycles. The van der Waals surface area contributed by atoms with Gasteiger partial charge in [-0.1, -0.05) is 6.07 Å². The highest BCUT2D eigenvalue weighted by atomic mass is 35.5. The smallest absolute Gasteiger partial charge is 0.239 e. The number of nitrogens with two attached hydrogens (primary N) is 1. The van der Waals surface area contributed by atoms with Gasteiger partial charge in [0.15, 0.2) is 0 Å². The summed E-state index contributed by atoms with van der Waals surface area (Å²) in [6, 6.07) is 6.93. The number of halogens is 1. The van der Waals surface area contributed by atoms with Gasteiger partial charge in [-0.2, -0.15) is 0 Å². The summed E-state index contributed by atoms with van der Waals surface area (Å²) in [6.45, 7) is 0. The Bertz CT molecular complexity index is 288. The maximum Gasteiger partial charge on any atom is 0.239 e. The van der Waals surface area contributed by atoms with E-state index >= 15 is 0 Å². The van der Waals surface area contributed by atoms with Crippen molar-refractivity contribution in [1.82, 2.24) is 0 Å². The Kier molecular flexibility index (Phi) is 2.94. The van der Waals surface area contributed by atoms with Gasteiger partial charge in [0.25, 0.3) is 0 Å². The number of alkyl halides is 1. The van der Waals surface area contributed by atoms with Crippen LogP contribution in [0.5, 0.6) is 0 Å². The fourth-order valence-corrected chi connectivity index (χ4v) is 0.878. The molecule has 0 atom stereocenters. The van der Waals surface area contributed by atoms with E-state index in [1.165, 1.54) is 0 Å². The number of nitrogen functional groups attached to an aromatic ring is 1. The molecule has 0 aliphatic rings. The first-order chi connectivity index (χ1) is 5.72. The molecular weight excluding hydrogens is 176 g/mol. The predicted molar refractivity (Wildman–Crippen MR) is 50.2 cm³/mol. The lowest BCUT2D eigenvalue weighted by atomic mass is 10.3. The Labute approximate surface area is 75.5 Å². The third kappa shape index (κ3) is 2.43. The molecule has 4 heteroatoms. The Morgan fingerprint density at radius 1 is 1.58 bits per heavy atom. The van der Waals surface area contributed by atoms with Crippen LogP contribution < -0.4 is 11.1 Å². The molecule has 3 nitrogen and oxygen atoms in total. The summed E-state index contributed by atoms with van der Waals surface area (Å²) in [5, 5.41) is 2.58. The van der Waals surface area contributed by atoms with Gasteiger partial charge in [0, 0.05) is 11.4 Å². The molecule has 64 valence electrons. The third-order valence-corrected chi connectivity index (χ3v) is 1.53. The molecule has 0 fully saturated rings. The van der Waals surface area contributed by atoms with E-state index < -0.39 is 0 Å². The van der Waals surface area contributed by atoms with Crippen LogP contribution in [0.2, 0.25) is 0 Å². The Hall–Kier alpha value is -1.22. The van der Waals surface area contributed by atoms with E-state index in [2.05, 4.69) is 5.32 Å². The summed E-state index contributed by atoms with van der Waals surface area (Å²) in [5.74, 6) is -0.281. The van der Waals surface area contributed by atoms with Crippen LogP contribution in [0, 0.1) is 0 Å². The maximum atomic E-state index is 10.8. The Morgan fingerprint density at radius 2 is 2.33 bits per heavy atom. The van der Waals surface area contributed by atoms with Crippen molar-refractivity contribution in [3.8, 4) is 0 Å². The number of benzene rings is 1. The van der Waals surface area contributed by atoms with Crippen LogP contribution in [-0.4, -0.2) is 11.8 Å². The second-order valence-electron chi connectivity index (χ2n) is 2.31. The van der Waals surface area contributed by atoms with Crippen LogP contribution in [0.15, 0.2) is 24.3 Å². The zero-order valence-electron chi connectivity index (χ0n) is 6.38. The van der Waals surface area contributed by atoms with E-state index in [0.717, 1.165) is 0 Å². The standard InChI is InChI=1S/C8H9ClN2O/c9-5-8(12)11-7-3-1-2-6(10)4-7/h1-4H,5,10H2,(H,11,12). The van der Waals surface area contributed by atoms with Crippen LogP contribution in [0.3, 0.4) is 0 Å². The first-order valence-electron chi connectivity index (χ1n) is 3.43. The van der Waals surface area contributed by atoms with Gasteiger partial charge in [-0.05, 0) is 18.2 Å². The van der Waals surface area contributed by atoms with E-state index in [9.17, 15) is 4.79 Å². The largest absolute Gasteiger partial charge is 0.399 e. The maximum absolute atomic E-state index is 10.8. The molecule has 0 heterocycles. The van der Waals surface area contributed by atoms with Crippen LogP contribution in [-0.2, 0) is 4.79 Å². The van der Waals surface area contributed by atoms with Crippen molar-refractivity contribution in [3.63, 3.8) is 0 Å². The molecule has 0 unspecified atom stereocenters. The second-order valence-corrected chi connectivity index (χ2v) is 2.57. The van der Waals surface area contributed by atoms with E-state index in [-0.39, 0.29) is 11.8 Å². The summed E-state index contributed by atoms with van der Waals surface area (Å²) in [6.07, 6.45) is 0. The van der Waals surface area contributed by atoms with E-state index in [1.54, 1.807) is 24.3 Å². The summed E-state index contributed by atoms with van der Waals surface area (Å²) in [7, 11) is 0. The van der Waals surface area contributed by atoms with Gasteiger partial charge in [0.05, 0.1) is 0 Å². The highest BCUT2D eigenvalue weighted by Crippen LogP contribution is 2.11. The fourth-order valence-electron chi connectivity index (χ4n) is 0.811. The third-order valence-electron chi connectivity index (χ3n) is 1.29. The molecule has 1 aromatic rings. The van der Waals surface area contributed by atoms with Crippen molar-refractivity contribution >= 4 is 28.9 Å². The molecule has 3 N–H and O–H groups in total. The van der Waals surface area contributed by atoms with Crippen LogP contribution in [0.1, 0.15) is 0 Å². The lowest BCUT2D eigenvalue weighted by Crippen LogP contribution is -2.12. The molecule has 1 rings (SSSR count). The van der Waals surface area contributed by atoms with Crippen molar-refractivity contribution in [2.24, 2.45) is 0 Å². The first kappa shape index (κ1) is 8.87. The summed E-state index contributed by atoms with van der Waals surface area (Å²) >= 11 is 5.30. The van der Waals surface area contributed by atoms with Gasteiger partial charge in [-0.3, -0.25) is 4.79 Å². The molecule has 0 saturated carbocycles. The number of rotatable bonds is 2. The minimum Gasteiger partial charge on any atom is -0.399 e. The molecule has 0 bridgehead atoms. The average Bonchev–Trinajstić information content (AvgIpc) is 2.04. The molecule has 1 amide bonds. The molecule has 0 radical (unpaired) electrons. The lowest BCUT2D eigenvalue weighted by Gasteiger charge is -2.02. The van der Waals surface area contributed by atoms with Crippen molar-refractivity contribution < 1.29 is 4.79 Å². The number of hydrogen-bond donors (Lipinski definition) is 2. The second kappa shape index (κ2) is 3.97.